The van der Waals surface area contributed by atoms with Crippen molar-refractivity contribution in [1.29, 1.82) is 0 Å². The van der Waals surface area contributed by atoms with Crippen LogP contribution in [0.2, 0.25) is 0 Å². The average molecular weight is 1040 g/mol. The number of hydrogen-bond acceptors (Lipinski definition) is 10. The molecule has 1 aliphatic rings. The molecule has 1 aliphatic heterocycles. The van der Waals surface area contributed by atoms with Crippen LogP contribution in [0.15, 0.2) is 60.8 Å². The summed E-state index contributed by atoms with van der Waals surface area (Å²) in [5.74, 6) is -0.231. The maximum Gasteiger partial charge on any atom is 0.305 e. The van der Waals surface area contributed by atoms with Crippen molar-refractivity contribution < 1.29 is 49.3 Å². The van der Waals surface area contributed by atoms with Crippen LogP contribution in [0.1, 0.15) is 264 Å². The summed E-state index contributed by atoms with van der Waals surface area (Å²) in [6.07, 6.45) is 57.6. The third kappa shape index (κ3) is 41.5. The van der Waals surface area contributed by atoms with Gasteiger partial charge in [-0.15, -0.1) is 0 Å². The SMILES string of the molecule is CCCCCC/C=C\C/C=C\CCCCCCCCCC(=O)OCCCCC/C=C\C=C/CCCCCCCCCCCCC(=O)NC(COC1OC(CO)C(O)C(O)C1O)C(O)/C=C/CCCCCCCCC. The lowest BCUT2D eigenvalue weighted by Crippen LogP contribution is -2.60. The smallest absolute Gasteiger partial charge is 0.305 e. The Labute approximate surface area is 452 Å². The van der Waals surface area contributed by atoms with E-state index in [4.69, 9.17) is 14.2 Å². The lowest BCUT2D eigenvalue weighted by Gasteiger charge is -2.40. The van der Waals surface area contributed by atoms with Crippen LogP contribution >= 0.6 is 0 Å². The van der Waals surface area contributed by atoms with Crippen LogP contribution in [0.5, 0.6) is 0 Å². The molecule has 0 bridgehead atoms. The number of unbranched alkanes of at least 4 members (excludes halogenated alkanes) is 31. The van der Waals surface area contributed by atoms with E-state index in [1.807, 2.05) is 6.08 Å². The van der Waals surface area contributed by atoms with E-state index in [1.54, 1.807) is 6.08 Å². The number of carbonyl (C=O) groups excluding carboxylic acids is 2. The zero-order chi connectivity index (χ0) is 53.8. The first-order valence-corrected chi connectivity index (χ1v) is 30.6. The second-order valence-corrected chi connectivity index (χ2v) is 21.1. The van der Waals surface area contributed by atoms with Gasteiger partial charge in [0.15, 0.2) is 6.29 Å². The maximum absolute atomic E-state index is 13.0. The van der Waals surface area contributed by atoms with Gasteiger partial charge in [0, 0.05) is 12.8 Å². The summed E-state index contributed by atoms with van der Waals surface area (Å²) in [5.41, 5.74) is 0. The van der Waals surface area contributed by atoms with E-state index in [0.29, 0.717) is 19.4 Å². The largest absolute Gasteiger partial charge is 0.466 e. The highest BCUT2D eigenvalue weighted by atomic mass is 16.7. The molecule has 0 saturated carbocycles. The number of rotatable bonds is 52. The van der Waals surface area contributed by atoms with Gasteiger partial charge in [-0.2, -0.15) is 0 Å². The number of allylic oxidation sites excluding steroid dienone is 9. The van der Waals surface area contributed by atoms with E-state index in [-0.39, 0.29) is 18.5 Å². The summed E-state index contributed by atoms with van der Waals surface area (Å²) in [4.78, 5) is 25.1. The Hall–Kier alpha value is -2.64. The van der Waals surface area contributed by atoms with E-state index in [1.165, 1.54) is 141 Å². The van der Waals surface area contributed by atoms with E-state index < -0.39 is 49.5 Å². The van der Waals surface area contributed by atoms with E-state index in [9.17, 15) is 35.1 Å². The summed E-state index contributed by atoms with van der Waals surface area (Å²) in [6.45, 7) is 4.24. The number of nitrogens with one attached hydrogen (secondary N) is 1. The van der Waals surface area contributed by atoms with Crippen molar-refractivity contribution in [1.82, 2.24) is 5.32 Å². The second kappa shape index (κ2) is 52.4. The van der Waals surface area contributed by atoms with Gasteiger partial charge in [0.05, 0.1) is 32.0 Å². The Morgan fingerprint density at radius 1 is 0.514 bits per heavy atom. The summed E-state index contributed by atoms with van der Waals surface area (Å²) in [7, 11) is 0. The van der Waals surface area contributed by atoms with Gasteiger partial charge in [-0.3, -0.25) is 9.59 Å². The maximum atomic E-state index is 13.0. The number of amides is 1. The Kier molecular flexibility index (Phi) is 49.1. The zero-order valence-corrected chi connectivity index (χ0v) is 47.3. The molecule has 1 rings (SSSR count). The number of ether oxygens (including phenoxy) is 3. The van der Waals surface area contributed by atoms with Gasteiger partial charge < -0.3 is 45.1 Å². The van der Waals surface area contributed by atoms with Crippen molar-refractivity contribution in [2.75, 3.05) is 19.8 Å². The first-order chi connectivity index (χ1) is 36.2. The summed E-state index contributed by atoms with van der Waals surface area (Å²) in [6, 6.07) is -0.818. The molecule has 11 nitrogen and oxygen atoms in total. The standard InChI is InChI=1S/C63H113NO10/c1-3-5-7-9-11-13-14-15-16-17-22-25-28-31-35-39-43-47-51-59(68)72-52-48-44-40-36-32-29-26-23-20-18-19-21-24-27-30-34-38-42-46-50-58(67)64-55(56(66)49-45-41-37-33-12-10-8-6-4-2)54-73-63-62(71)61(70)60(69)57(53-65)74-63/h13-14,16-17,23,26,29,32,45,49,55-57,60-63,65-66,69-71H,3-12,15,18-22,24-25,27-28,30-31,33-44,46-48,50-54H2,1-2H3,(H,64,67)/b14-13-,17-16-,26-23-,32-29-,49-45+. The highest BCUT2D eigenvalue weighted by Gasteiger charge is 2.44. The predicted molar refractivity (Wildman–Crippen MR) is 306 cm³/mol. The lowest BCUT2D eigenvalue weighted by molar-refractivity contribution is -0.302. The number of esters is 1. The topological polar surface area (TPSA) is 175 Å². The van der Waals surface area contributed by atoms with Crippen molar-refractivity contribution >= 4 is 11.9 Å². The van der Waals surface area contributed by atoms with Crippen molar-refractivity contribution in [3.63, 3.8) is 0 Å². The number of carbonyl (C=O) groups is 2. The van der Waals surface area contributed by atoms with Crippen molar-refractivity contribution in [3.05, 3.63) is 60.8 Å². The van der Waals surface area contributed by atoms with Crippen LogP contribution in [-0.2, 0) is 23.8 Å². The molecule has 74 heavy (non-hydrogen) atoms. The zero-order valence-electron chi connectivity index (χ0n) is 47.3. The van der Waals surface area contributed by atoms with Crippen LogP contribution in [0, 0.1) is 0 Å². The fourth-order valence-electron chi connectivity index (χ4n) is 9.22. The van der Waals surface area contributed by atoms with Crippen LogP contribution in [0.4, 0.5) is 0 Å². The fourth-order valence-corrected chi connectivity index (χ4v) is 9.22. The Balaban J connectivity index is 2.03. The van der Waals surface area contributed by atoms with E-state index in [0.717, 1.165) is 96.3 Å². The molecule has 1 heterocycles. The van der Waals surface area contributed by atoms with Gasteiger partial charge in [-0.05, 0) is 96.3 Å². The highest BCUT2D eigenvalue weighted by Crippen LogP contribution is 2.23. The molecule has 1 saturated heterocycles. The van der Waals surface area contributed by atoms with Gasteiger partial charge in [0.2, 0.25) is 5.91 Å². The van der Waals surface area contributed by atoms with Gasteiger partial charge in [-0.25, -0.2) is 0 Å². The first kappa shape index (κ1) is 69.4. The molecule has 1 fully saturated rings. The minimum atomic E-state index is -1.58. The summed E-state index contributed by atoms with van der Waals surface area (Å²) < 4.78 is 16.7. The third-order valence-electron chi connectivity index (χ3n) is 14.1. The quantitative estimate of drug-likeness (QED) is 0.0149. The van der Waals surface area contributed by atoms with E-state index in [2.05, 4.69) is 67.8 Å². The lowest BCUT2D eigenvalue weighted by atomic mass is 9.99. The van der Waals surface area contributed by atoms with Gasteiger partial charge in [-0.1, -0.05) is 216 Å². The molecular formula is C63H113NO10. The monoisotopic (exact) mass is 1040 g/mol. The molecule has 0 aromatic carbocycles. The highest BCUT2D eigenvalue weighted by molar-refractivity contribution is 5.76. The van der Waals surface area contributed by atoms with Gasteiger partial charge >= 0.3 is 5.97 Å². The summed E-state index contributed by atoms with van der Waals surface area (Å²) in [5, 5.41) is 54.2. The van der Waals surface area contributed by atoms with E-state index >= 15 is 0 Å². The molecular weight excluding hydrogens is 931 g/mol. The molecule has 0 spiro atoms. The van der Waals surface area contributed by atoms with Gasteiger partial charge in [0.1, 0.15) is 24.4 Å². The molecule has 11 heteroatoms. The van der Waals surface area contributed by atoms with Crippen molar-refractivity contribution in [3.8, 4) is 0 Å². The molecule has 7 atom stereocenters. The Morgan fingerprint density at radius 2 is 0.946 bits per heavy atom. The van der Waals surface area contributed by atoms with Gasteiger partial charge in [0.25, 0.3) is 0 Å². The second-order valence-electron chi connectivity index (χ2n) is 21.1. The van der Waals surface area contributed by atoms with Crippen molar-refractivity contribution in [2.24, 2.45) is 0 Å². The number of aliphatic hydroxyl groups is 5. The summed E-state index contributed by atoms with van der Waals surface area (Å²) >= 11 is 0. The molecule has 0 radical (unpaired) electrons. The molecule has 0 aromatic heterocycles. The number of aliphatic hydroxyl groups excluding tert-OH is 5. The third-order valence-corrected chi connectivity index (χ3v) is 14.1. The Bertz CT molecular complexity index is 1410. The predicted octanol–water partition coefficient (Wildman–Crippen LogP) is 14.2. The minimum Gasteiger partial charge on any atom is -0.466 e. The minimum absolute atomic E-state index is 0.0363. The van der Waals surface area contributed by atoms with Crippen LogP contribution in [0.25, 0.3) is 0 Å². The Morgan fingerprint density at radius 3 is 1.46 bits per heavy atom. The molecule has 1 amide bonds. The van der Waals surface area contributed by atoms with Crippen LogP contribution in [-0.4, -0.2) is 100 Å². The van der Waals surface area contributed by atoms with Crippen LogP contribution in [0.3, 0.4) is 0 Å². The molecule has 7 unspecified atom stereocenters. The molecule has 0 aromatic rings. The van der Waals surface area contributed by atoms with Crippen LogP contribution < -0.4 is 5.32 Å². The molecule has 6 N–H and O–H groups in total. The van der Waals surface area contributed by atoms with Crippen molar-refractivity contribution in [2.45, 2.75) is 307 Å². The normalized spacial score (nSPS) is 19.3. The fraction of sp³-hybridized carbons (Fsp3) is 0.810. The average Bonchev–Trinajstić information content (AvgIpc) is 3.40. The number of hydrogen-bond donors (Lipinski definition) is 6. The first-order valence-electron chi connectivity index (χ1n) is 30.6. The molecule has 0 aliphatic carbocycles. The molecule has 430 valence electrons.